The Bertz CT molecular complexity index is 970. The highest BCUT2D eigenvalue weighted by Gasteiger charge is 2.47. The number of nitrogens with one attached hydrogen (secondary N) is 2. The number of halogens is 1. The number of allylic oxidation sites excluding steroid dienone is 2. The van der Waals surface area contributed by atoms with E-state index in [2.05, 4.69) is 10.0 Å². The zero-order chi connectivity index (χ0) is 22.6. The number of hydrogen-bond acceptors (Lipinski definition) is 5. The number of sulfonamides is 1. The Morgan fingerprint density at radius 2 is 2.03 bits per heavy atom. The smallest absolute Gasteiger partial charge is 0.230 e. The number of imide groups is 1. The summed E-state index contributed by atoms with van der Waals surface area (Å²) >= 11 is 0. The standard InChI is InChI=1S/C22H29FN2O5S/c1-15(2)14-30-19-13-17(7-8-18(19)23)22(9-10-22)25-31(28,29)11-5-3-4-6-16-12-20(26)24-21(16)27/h3-4,7-8,13,15-16,25H,5-6,9-12,14H2,1-2H3,(H,24,26,27)/b4-3+. The molecule has 0 bridgehead atoms. The van der Waals surface area contributed by atoms with Gasteiger partial charge in [-0.15, -0.1) is 0 Å². The molecular weight excluding hydrogens is 423 g/mol. The summed E-state index contributed by atoms with van der Waals surface area (Å²) in [5, 5.41) is 2.25. The Morgan fingerprint density at radius 3 is 2.65 bits per heavy atom. The molecule has 0 aromatic heterocycles. The van der Waals surface area contributed by atoms with Crippen molar-refractivity contribution in [2.24, 2.45) is 11.8 Å². The summed E-state index contributed by atoms with van der Waals surface area (Å²) in [5.74, 6) is -1.12. The third kappa shape index (κ3) is 6.36. The largest absolute Gasteiger partial charge is 0.490 e. The van der Waals surface area contributed by atoms with Gasteiger partial charge in [-0.1, -0.05) is 32.1 Å². The lowest BCUT2D eigenvalue weighted by atomic mass is 10.0. The summed E-state index contributed by atoms with van der Waals surface area (Å²) in [5.41, 5.74) is -0.0159. The molecule has 1 aliphatic carbocycles. The van der Waals surface area contributed by atoms with Crippen molar-refractivity contribution in [3.8, 4) is 5.75 Å². The SMILES string of the molecule is CC(C)COc1cc(C2(NS(=O)(=O)CC/C=C/CC3CC(=O)NC3=O)CC2)ccc1F. The van der Waals surface area contributed by atoms with Gasteiger partial charge in [0.25, 0.3) is 0 Å². The van der Waals surface area contributed by atoms with Crippen LogP contribution in [0.15, 0.2) is 30.4 Å². The molecule has 1 aromatic rings. The summed E-state index contributed by atoms with van der Waals surface area (Å²) in [6, 6.07) is 4.49. The molecule has 170 valence electrons. The average molecular weight is 453 g/mol. The first-order chi connectivity index (χ1) is 14.6. The first kappa shape index (κ1) is 23.4. The van der Waals surface area contributed by atoms with E-state index in [-0.39, 0.29) is 41.6 Å². The molecule has 1 unspecified atom stereocenters. The van der Waals surface area contributed by atoms with Gasteiger partial charge in [0, 0.05) is 6.42 Å². The van der Waals surface area contributed by atoms with Crippen LogP contribution < -0.4 is 14.8 Å². The van der Waals surface area contributed by atoms with Gasteiger partial charge in [0.05, 0.1) is 23.8 Å². The molecule has 7 nitrogen and oxygen atoms in total. The van der Waals surface area contributed by atoms with E-state index >= 15 is 0 Å². The van der Waals surface area contributed by atoms with Crippen molar-refractivity contribution in [3.63, 3.8) is 0 Å². The highest BCUT2D eigenvalue weighted by molar-refractivity contribution is 7.89. The minimum absolute atomic E-state index is 0.0983. The molecule has 1 aliphatic heterocycles. The Kier molecular flexibility index (Phi) is 7.16. The second kappa shape index (κ2) is 9.48. The van der Waals surface area contributed by atoms with E-state index in [1.807, 2.05) is 13.8 Å². The van der Waals surface area contributed by atoms with E-state index in [1.54, 1.807) is 24.3 Å². The zero-order valence-electron chi connectivity index (χ0n) is 17.8. The Labute approximate surface area is 182 Å². The lowest BCUT2D eigenvalue weighted by Crippen LogP contribution is -2.36. The topological polar surface area (TPSA) is 102 Å². The molecule has 1 atom stereocenters. The monoisotopic (exact) mass is 452 g/mol. The van der Waals surface area contributed by atoms with Gasteiger partial charge in [-0.25, -0.2) is 17.5 Å². The fourth-order valence-corrected chi connectivity index (χ4v) is 4.96. The number of rotatable bonds is 11. The number of carbonyl (C=O) groups excluding carboxylic acids is 2. The van der Waals surface area contributed by atoms with Crippen molar-refractivity contribution >= 4 is 21.8 Å². The molecule has 0 spiro atoms. The van der Waals surface area contributed by atoms with Gasteiger partial charge in [-0.2, -0.15) is 0 Å². The molecular formula is C22H29FN2O5S. The third-order valence-corrected chi connectivity index (χ3v) is 6.84. The molecule has 3 rings (SSSR count). The normalized spacial score (nSPS) is 20.5. The van der Waals surface area contributed by atoms with Gasteiger partial charge in [0.1, 0.15) is 0 Å². The van der Waals surface area contributed by atoms with E-state index < -0.39 is 21.4 Å². The van der Waals surface area contributed by atoms with Crippen LogP contribution in [-0.2, 0) is 25.2 Å². The summed E-state index contributed by atoms with van der Waals surface area (Å²) in [6.07, 6.45) is 5.61. The van der Waals surface area contributed by atoms with Crippen LogP contribution >= 0.6 is 0 Å². The van der Waals surface area contributed by atoms with Gasteiger partial charge >= 0.3 is 0 Å². The summed E-state index contributed by atoms with van der Waals surface area (Å²) in [7, 11) is -3.56. The summed E-state index contributed by atoms with van der Waals surface area (Å²) in [6.45, 7) is 4.31. The fraction of sp³-hybridized carbons (Fsp3) is 0.545. The molecule has 9 heteroatoms. The van der Waals surface area contributed by atoms with Crippen LogP contribution in [0.2, 0.25) is 0 Å². The van der Waals surface area contributed by atoms with E-state index in [9.17, 15) is 22.4 Å². The van der Waals surface area contributed by atoms with Crippen LogP contribution in [0, 0.1) is 17.7 Å². The molecule has 31 heavy (non-hydrogen) atoms. The maximum absolute atomic E-state index is 14.0. The van der Waals surface area contributed by atoms with Gasteiger partial charge in [0.15, 0.2) is 11.6 Å². The number of amides is 2. The maximum atomic E-state index is 14.0. The highest BCUT2D eigenvalue weighted by Crippen LogP contribution is 2.47. The average Bonchev–Trinajstić information content (AvgIpc) is 3.37. The van der Waals surface area contributed by atoms with Gasteiger partial charge < -0.3 is 4.74 Å². The van der Waals surface area contributed by atoms with Crippen LogP contribution in [0.4, 0.5) is 4.39 Å². The Balaban J connectivity index is 1.54. The summed E-state index contributed by atoms with van der Waals surface area (Å²) in [4.78, 5) is 22.7. The first-order valence-corrected chi connectivity index (χ1v) is 12.2. The fourth-order valence-electron chi connectivity index (χ4n) is 3.49. The van der Waals surface area contributed by atoms with Crippen LogP contribution in [0.3, 0.4) is 0 Å². The van der Waals surface area contributed by atoms with Crippen molar-refractivity contribution in [2.75, 3.05) is 12.4 Å². The minimum Gasteiger partial charge on any atom is -0.490 e. The van der Waals surface area contributed by atoms with Crippen molar-refractivity contribution in [1.29, 1.82) is 0 Å². The molecule has 2 aliphatic rings. The molecule has 2 N–H and O–H groups in total. The van der Waals surface area contributed by atoms with E-state index in [0.717, 1.165) is 0 Å². The predicted molar refractivity (Wildman–Crippen MR) is 114 cm³/mol. The molecule has 1 saturated heterocycles. The lowest BCUT2D eigenvalue weighted by molar-refractivity contribution is -0.125. The van der Waals surface area contributed by atoms with Crippen molar-refractivity contribution in [2.45, 2.75) is 51.5 Å². The second-order valence-electron chi connectivity index (χ2n) is 8.66. The van der Waals surface area contributed by atoms with Crippen molar-refractivity contribution < 1.29 is 27.1 Å². The summed E-state index contributed by atoms with van der Waals surface area (Å²) < 4.78 is 47.5. The Hall–Kier alpha value is -2.26. The van der Waals surface area contributed by atoms with Crippen molar-refractivity contribution in [3.05, 3.63) is 41.7 Å². The predicted octanol–water partition coefficient (Wildman–Crippen LogP) is 2.77. The third-order valence-electron chi connectivity index (χ3n) is 5.36. The van der Waals surface area contributed by atoms with Crippen LogP contribution in [0.5, 0.6) is 5.75 Å². The number of benzene rings is 1. The zero-order valence-corrected chi connectivity index (χ0v) is 18.6. The van der Waals surface area contributed by atoms with Gasteiger partial charge in [0.2, 0.25) is 21.8 Å². The lowest BCUT2D eigenvalue weighted by Gasteiger charge is -2.19. The molecule has 1 saturated carbocycles. The number of carbonyl (C=O) groups is 2. The molecule has 2 amide bonds. The quantitative estimate of drug-likeness (QED) is 0.397. The second-order valence-corrected chi connectivity index (χ2v) is 10.5. The number of ether oxygens (including phenoxy) is 1. The van der Waals surface area contributed by atoms with Gasteiger partial charge in [-0.3, -0.25) is 14.9 Å². The van der Waals surface area contributed by atoms with Crippen molar-refractivity contribution in [1.82, 2.24) is 10.0 Å². The van der Waals surface area contributed by atoms with E-state index in [1.165, 1.54) is 6.07 Å². The minimum atomic E-state index is -3.56. The maximum Gasteiger partial charge on any atom is 0.230 e. The Morgan fingerprint density at radius 1 is 1.29 bits per heavy atom. The number of hydrogen-bond donors (Lipinski definition) is 2. The molecule has 1 aromatic carbocycles. The molecule has 0 radical (unpaired) electrons. The molecule has 1 heterocycles. The van der Waals surface area contributed by atoms with Crippen LogP contribution in [0.25, 0.3) is 0 Å². The van der Waals surface area contributed by atoms with E-state index in [0.29, 0.717) is 37.9 Å². The van der Waals surface area contributed by atoms with E-state index in [4.69, 9.17) is 4.74 Å². The highest BCUT2D eigenvalue weighted by atomic mass is 32.2. The molecule has 2 fully saturated rings. The van der Waals surface area contributed by atoms with Crippen LogP contribution in [0.1, 0.15) is 51.5 Å². The van der Waals surface area contributed by atoms with Gasteiger partial charge in [-0.05, 0) is 49.3 Å². The first-order valence-electron chi connectivity index (χ1n) is 10.5. The van der Waals surface area contributed by atoms with Crippen LogP contribution in [-0.4, -0.2) is 32.6 Å².